The summed E-state index contributed by atoms with van der Waals surface area (Å²) in [4.78, 5) is 4.47. The smallest absolute Gasteiger partial charge is 0.164 e. The normalized spacial score (nSPS) is 23.0. The van der Waals surface area contributed by atoms with Crippen molar-refractivity contribution < 1.29 is 13.9 Å². The van der Waals surface area contributed by atoms with Gasteiger partial charge in [0.15, 0.2) is 11.6 Å². The van der Waals surface area contributed by atoms with E-state index in [9.17, 15) is 13.9 Å². The van der Waals surface area contributed by atoms with E-state index in [1.54, 1.807) is 0 Å². The van der Waals surface area contributed by atoms with E-state index in [2.05, 4.69) is 23.8 Å². The minimum atomic E-state index is -1.00. The van der Waals surface area contributed by atoms with Gasteiger partial charge in [0.1, 0.15) is 0 Å². The van der Waals surface area contributed by atoms with Gasteiger partial charge in [0.25, 0.3) is 0 Å². The second kappa shape index (κ2) is 7.29. The Kier molecular flexibility index (Phi) is 5.67. The fourth-order valence-electron chi connectivity index (χ4n) is 3.02. The van der Waals surface area contributed by atoms with Crippen LogP contribution in [-0.2, 0) is 0 Å². The van der Waals surface area contributed by atoms with Crippen molar-refractivity contribution in [3.63, 3.8) is 0 Å². The molecule has 1 aliphatic heterocycles. The van der Waals surface area contributed by atoms with Gasteiger partial charge in [-0.15, -0.1) is 0 Å². The van der Waals surface area contributed by atoms with Gasteiger partial charge in [-0.05, 0) is 39.0 Å². The monoisotopic (exact) mass is 298 g/mol. The topological polar surface area (TPSA) is 26.7 Å². The van der Waals surface area contributed by atoms with Crippen LogP contribution in [0.4, 0.5) is 8.78 Å². The van der Waals surface area contributed by atoms with Gasteiger partial charge in [0.2, 0.25) is 0 Å². The number of β-amino-alcohol motifs (C(OH)–C–C–N with tert-alkyl or cyclic N) is 1. The number of hydrogen-bond donors (Lipinski definition) is 1. The number of benzene rings is 1. The van der Waals surface area contributed by atoms with Crippen LogP contribution in [0.1, 0.15) is 31.4 Å². The van der Waals surface area contributed by atoms with Crippen LogP contribution in [0.2, 0.25) is 0 Å². The molecule has 1 saturated heterocycles. The van der Waals surface area contributed by atoms with Gasteiger partial charge in [0, 0.05) is 24.7 Å². The molecule has 21 heavy (non-hydrogen) atoms. The van der Waals surface area contributed by atoms with Gasteiger partial charge in [-0.2, -0.15) is 0 Å². The van der Waals surface area contributed by atoms with Crippen molar-refractivity contribution in [3.8, 4) is 0 Å². The summed E-state index contributed by atoms with van der Waals surface area (Å²) < 4.78 is 27.0. The molecule has 0 aromatic heterocycles. The summed E-state index contributed by atoms with van der Waals surface area (Å²) in [5, 5.41) is 10.3. The number of likely N-dealkylation sites (N-methyl/N-ethyl adjacent to an activating group) is 1. The van der Waals surface area contributed by atoms with Gasteiger partial charge >= 0.3 is 0 Å². The van der Waals surface area contributed by atoms with Crippen molar-refractivity contribution >= 4 is 0 Å². The standard InChI is InChI=1S/C16H24F2N2O/c1-3-12-10-19(2)8-5-9-20(12)11-15(21)13-6-4-7-14(17)16(13)18/h4,6-7,12,15,21H,3,5,8-11H2,1-2H3. The molecule has 2 rings (SSSR count). The second-order valence-electron chi connectivity index (χ2n) is 5.83. The van der Waals surface area contributed by atoms with Crippen molar-refractivity contribution in [3.05, 3.63) is 35.4 Å². The van der Waals surface area contributed by atoms with Crippen molar-refractivity contribution in [2.75, 3.05) is 33.2 Å². The Morgan fingerprint density at radius 2 is 2.10 bits per heavy atom. The van der Waals surface area contributed by atoms with Crippen LogP contribution in [-0.4, -0.2) is 54.2 Å². The highest BCUT2D eigenvalue weighted by molar-refractivity contribution is 5.21. The summed E-state index contributed by atoms with van der Waals surface area (Å²) in [6.07, 6.45) is 0.992. The Balaban J connectivity index is 2.09. The van der Waals surface area contributed by atoms with Crippen LogP contribution < -0.4 is 0 Å². The Morgan fingerprint density at radius 1 is 1.33 bits per heavy atom. The van der Waals surface area contributed by atoms with E-state index in [-0.39, 0.29) is 5.56 Å². The molecule has 1 aromatic rings. The molecule has 1 aromatic carbocycles. The second-order valence-corrected chi connectivity index (χ2v) is 5.83. The number of hydrogen-bond acceptors (Lipinski definition) is 3. The third-order valence-electron chi connectivity index (χ3n) is 4.24. The molecule has 1 aliphatic rings. The molecule has 1 heterocycles. The molecular formula is C16H24F2N2O. The highest BCUT2D eigenvalue weighted by Crippen LogP contribution is 2.22. The van der Waals surface area contributed by atoms with Gasteiger partial charge in [-0.3, -0.25) is 4.90 Å². The van der Waals surface area contributed by atoms with Crippen LogP contribution in [0.3, 0.4) is 0 Å². The Morgan fingerprint density at radius 3 is 2.81 bits per heavy atom. The van der Waals surface area contributed by atoms with Crippen molar-refractivity contribution in [1.82, 2.24) is 9.80 Å². The van der Waals surface area contributed by atoms with Crippen LogP contribution in [0, 0.1) is 11.6 Å². The highest BCUT2D eigenvalue weighted by atomic mass is 19.2. The van der Waals surface area contributed by atoms with Gasteiger partial charge in [-0.25, -0.2) is 8.78 Å². The van der Waals surface area contributed by atoms with Gasteiger partial charge < -0.3 is 10.0 Å². The summed E-state index contributed by atoms with van der Waals surface area (Å²) in [7, 11) is 2.09. The molecule has 5 heteroatoms. The van der Waals surface area contributed by atoms with E-state index in [0.29, 0.717) is 12.6 Å². The minimum absolute atomic E-state index is 0.0439. The molecule has 2 atom stereocenters. The Labute approximate surface area is 125 Å². The number of aliphatic hydroxyl groups is 1. The fourth-order valence-corrected chi connectivity index (χ4v) is 3.02. The summed E-state index contributed by atoms with van der Waals surface area (Å²) in [6.45, 7) is 5.29. The molecule has 1 fully saturated rings. The largest absolute Gasteiger partial charge is 0.387 e. The zero-order valence-electron chi connectivity index (χ0n) is 12.7. The van der Waals surface area contributed by atoms with Crippen molar-refractivity contribution in [2.45, 2.75) is 31.9 Å². The molecule has 0 radical (unpaired) electrons. The van der Waals surface area contributed by atoms with Crippen molar-refractivity contribution in [2.24, 2.45) is 0 Å². The Hall–Kier alpha value is -1.04. The molecule has 3 nitrogen and oxygen atoms in total. The van der Waals surface area contributed by atoms with E-state index >= 15 is 0 Å². The third kappa shape index (κ3) is 3.99. The maximum Gasteiger partial charge on any atom is 0.164 e. The molecular weight excluding hydrogens is 274 g/mol. The third-order valence-corrected chi connectivity index (χ3v) is 4.24. The first-order valence-electron chi connectivity index (χ1n) is 7.57. The lowest BCUT2D eigenvalue weighted by Gasteiger charge is -2.31. The maximum atomic E-state index is 13.8. The maximum absolute atomic E-state index is 13.8. The summed E-state index contributed by atoms with van der Waals surface area (Å²) in [5.41, 5.74) is 0.0439. The molecule has 0 amide bonds. The Bertz CT molecular complexity index is 470. The van der Waals surface area contributed by atoms with Gasteiger partial charge in [-0.1, -0.05) is 19.1 Å². The zero-order chi connectivity index (χ0) is 15.4. The summed E-state index contributed by atoms with van der Waals surface area (Å²) in [6, 6.07) is 4.29. The first-order valence-corrected chi connectivity index (χ1v) is 7.57. The fraction of sp³-hybridized carbons (Fsp3) is 0.625. The van der Waals surface area contributed by atoms with E-state index in [1.807, 2.05) is 0 Å². The average molecular weight is 298 g/mol. The molecule has 118 valence electrons. The minimum Gasteiger partial charge on any atom is -0.387 e. The first-order chi connectivity index (χ1) is 10.0. The van der Waals surface area contributed by atoms with Gasteiger partial charge in [0.05, 0.1) is 6.10 Å². The lowest BCUT2D eigenvalue weighted by atomic mass is 10.1. The lowest BCUT2D eigenvalue weighted by Crippen LogP contribution is -2.41. The lowest BCUT2D eigenvalue weighted by molar-refractivity contribution is 0.0826. The molecule has 2 unspecified atom stereocenters. The SMILES string of the molecule is CCC1CN(C)CCCN1CC(O)c1cccc(F)c1F. The first kappa shape index (κ1) is 16.3. The van der Waals surface area contributed by atoms with E-state index in [4.69, 9.17) is 0 Å². The van der Waals surface area contributed by atoms with E-state index < -0.39 is 17.7 Å². The van der Waals surface area contributed by atoms with Crippen LogP contribution >= 0.6 is 0 Å². The average Bonchev–Trinajstić information content (AvgIpc) is 2.63. The number of halogens is 2. The molecule has 0 bridgehead atoms. The molecule has 1 N–H and O–H groups in total. The molecule has 0 spiro atoms. The number of nitrogens with zero attached hydrogens (tertiary/aromatic N) is 2. The van der Waals surface area contributed by atoms with E-state index in [1.165, 1.54) is 12.1 Å². The predicted octanol–water partition coefficient (Wildman–Crippen LogP) is 2.41. The zero-order valence-corrected chi connectivity index (χ0v) is 12.7. The predicted molar refractivity (Wildman–Crippen MR) is 79.1 cm³/mol. The number of rotatable bonds is 4. The molecule has 0 aliphatic carbocycles. The highest BCUT2D eigenvalue weighted by Gasteiger charge is 2.25. The van der Waals surface area contributed by atoms with Crippen molar-refractivity contribution in [1.29, 1.82) is 0 Å². The quantitative estimate of drug-likeness (QED) is 0.925. The number of aliphatic hydroxyl groups excluding tert-OH is 1. The summed E-state index contributed by atoms with van der Waals surface area (Å²) in [5.74, 6) is -1.85. The van der Waals surface area contributed by atoms with Crippen LogP contribution in [0.5, 0.6) is 0 Å². The summed E-state index contributed by atoms with van der Waals surface area (Å²) >= 11 is 0. The van der Waals surface area contributed by atoms with Crippen LogP contribution in [0.25, 0.3) is 0 Å². The van der Waals surface area contributed by atoms with E-state index in [0.717, 1.165) is 38.5 Å². The molecule has 0 saturated carbocycles. The van der Waals surface area contributed by atoms with Crippen LogP contribution in [0.15, 0.2) is 18.2 Å².